The van der Waals surface area contributed by atoms with Crippen LogP contribution in [-0.4, -0.2) is 15.3 Å². The van der Waals surface area contributed by atoms with Crippen molar-refractivity contribution < 1.29 is 0 Å². The van der Waals surface area contributed by atoms with E-state index in [1.165, 1.54) is 0 Å². The number of aromatic nitrogens is 2. The average Bonchev–Trinajstić information content (AvgIpc) is 2.64. The molecule has 5 heteroatoms. The SMILES string of the molecule is CCC(N)(C#N)CCCn1cc(I)cn1. The summed E-state index contributed by atoms with van der Waals surface area (Å²) in [7, 11) is 0. The molecule has 0 fully saturated rings. The first-order valence-corrected chi connectivity index (χ1v) is 6.05. The Morgan fingerprint density at radius 3 is 2.93 bits per heavy atom. The molecule has 0 radical (unpaired) electrons. The van der Waals surface area contributed by atoms with Gasteiger partial charge in [0.1, 0.15) is 5.54 Å². The van der Waals surface area contributed by atoms with Gasteiger partial charge in [0.05, 0.1) is 15.8 Å². The van der Waals surface area contributed by atoms with Gasteiger partial charge in [-0.05, 0) is 41.9 Å². The van der Waals surface area contributed by atoms with Crippen LogP contribution < -0.4 is 5.73 Å². The van der Waals surface area contributed by atoms with Crippen LogP contribution in [0.25, 0.3) is 0 Å². The Labute approximate surface area is 104 Å². The van der Waals surface area contributed by atoms with Gasteiger partial charge in [-0.2, -0.15) is 10.4 Å². The molecule has 0 amide bonds. The molecule has 1 rings (SSSR count). The Bertz CT molecular complexity index is 355. The first-order chi connectivity index (χ1) is 7.09. The van der Waals surface area contributed by atoms with Gasteiger partial charge in [-0.3, -0.25) is 4.68 Å². The van der Waals surface area contributed by atoms with Gasteiger partial charge < -0.3 is 5.73 Å². The summed E-state index contributed by atoms with van der Waals surface area (Å²) in [5.41, 5.74) is 5.21. The van der Waals surface area contributed by atoms with Gasteiger partial charge in [-0.1, -0.05) is 6.92 Å². The van der Waals surface area contributed by atoms with Crippen LogP contribution in [0.3, 0.4) is 0 Å². The van der Waals surface area contributed by atoms with Crippen molar-refractivity contribution in [2.45, 2.75) is 38.3 Å². The molecule has 0 aromatic carbocycles. The third kappa shape index (κ3) is 3.80. The number of nitriles is 1. The van der Waals surface area contributed by atoms with E-state index in [4.69, 9.17) is 11.0 Å². The Balaban J connectivity index is 2.37. The fourth-order valence-electron chi connectivity index (χ4n) is 1.33. The molecule has 1 aromatic rings. The maximum Gasteiger partial charge on any atom is 0.104 e. The van der Waals surface area contributed by atoms with Gasteiger partial charge >= 0.3 is 0 Å². The van der Waals surface area contributed by atoms with Crippen LogP contribution in [0.2, 0.25) is 0 Å². The van der Waals surface area contributed by atoms with Gasteiger partial charge in [-0.25, -0.2) is 0 Å². The van der Waals surface area contributed by atoms with Crippen LogP contribution in [0.5, 0.6) is 0 Å². The Morgan fingerprint density at radius 1 is 1.73 bits per heavy atom. The lowest BCUT2D eigenvalue weighted by molar-refractivity contribution is 0.434. The van der Waals surface area contributed by atoms with E-state index in [-0.39, 0.29) is 0 Å². The quantitative estimate of drug-likeness (QED) is 0.843. The lowest BCUT2D eigenvalue weighted by Gasteiger charge is -2.18. The lowest BCUT2D eigenvalue weighted by atomic mass is 9.93. The van der Waals surface area contributed by atoms with E-state index >= 15 is 0 Å². The molecule has 0 aliphatic carbocycles. The van der Waals surface area contributed by atoms with Crippen molar-refractivity contribution >= 4 is 22.6 Å². The summed E-state index contributed by atoms with van der Waals surface area (Å²) in [6.07, 6.45) is 6.10. The number of aryl methyl sites for hydroxylation is 1. The van der Waals surface area contributed by atoms with Gasteiger partial charge in [0.15, 0.2) is 0 Å². The van der Waals surface area contributed by atoms with Crippen molar-refractivity contribution in [3.05, 3.63) is 16.0 Å². The van der Waals surface area contributed by atoms with Crippen molar-refractivity contribution in [1.29, 1.82) is 5.26 Å². The maximum absolute atomic E-state index is 8.89. The molecule has 1 aromatic heterocycles. The second-order valence-electron chi connectivity index (χ2n) is 3.65. The highest BCUT2D eigenvalue weighted by Gasteiger charge is 2.20. The van der Waals surface area contributed by atoms with Crippen molar-refractivity contribution in [2.24, 2.45) is 5.73 Å². The number of hydrogen-bond donors (Lipinski definition) is 1. The van der Waals surface area contributed by atoms with Crippen LogP contribution in [-0.2, 0) is 6.54 Å². The third-order valence-corrected chi connectivity index (χ3v) is 3.02. The van der Waals surface area contributed by atoms with Crippen LogP contribution in [0.15, 0.2) is 12.4 Å². The summed E-state index contributed by atoms with van der Waals surface area (Å²) in [4.78, 5) is 0. The summed E-state index contributed by atoms with van der Waals surface area (Å²) in [5.74, 6) is 0. The molecule has 1 unspecified atom stereocenters. The minimum absolute atomic E-state index is 0.666. The van der Waals surface area contributed by atoms with Crippen molar-refractivity contribution in [3.63, 3.8) is 0 Å². The number of halogens is 1. The molecule has 15 heavy (non-hydrogen) atoms. The zero-order valence-electron chi connectivity index (χ0n) is 8.78. The molecule has 1 heterocycles. The molecule has 0 spiro atoms. The smallest absolute Gasteiger partial charge is 0.104 e. The largest absolute Gasteiger partial charge is 0.313 e. The summed E-state index contributed by atoms with van der Waals surface area (Å²) in [5, 5.41) is 13.1. The highest BCUT2D eigenvalue weighted by Crippen LogP contribution is 2.13. The van der Waals surface area contributed by atoms with Crippen molar-refractivity contribution in [3.8, 4) is 6.07 Å². The fourth-order valence-corrected chi connectivity index (χ4v) is 1.77. The van der Waals surface area contributed by atoms with E-state index in [0.29, 0.717) is 6.42 Å². The normalized spacial score (nSPS) is 14.5. The maximum atomic E-state index is 8.89. The molecule has 82 valence electrons. The molecule has 0 saturated heterocycles. The monoisotopic (exact) mass is 318 g/mol. The van der Waals surface area contributed by atoms with Gasteiger partial charge in [-0.15, -0.1) is 0 Å². The topological polar surface area (TPSA) is 67.6 Å². The van der Waals surface area contributed by atoms with Gasteiger partial charge in [0.25, 0.3) is 0 Å². The van der Waals surface area contributed by atoms with Crippen LogP contribution >= 0.6 is 22.6 Å². The fraction of sp³-hybridized carbons (Fsp3) is 0.600. The molecule has 0 aliphatic heterocycles. The predicted molar refractivity (Wildman–Crippen MR) is 67.0 cm³/mol. The zero-order valence-corrected chi connectivity index (χ0v) is 10.9. The Morgan fingerprint density at radius 2 is 2.47 bits per heavy atom. The second kappa shape index (κ2) is 5.47. The standard InChI is InChI=1S/C10H15IN4/c1-2-10(13,8-12)4-3-5-15-7-9(11)6-14-15/h6-7H,2-5,13H2,1H3. The lowest BCUT2D eigenvalue weighted by Crippen LogP contribution is -2.37. The van der Waals surface area contributed by atoms with E-state index in [1.54, 1.807) is 0 Å². The molecular weight excluding hydrogens is 303 g/mol. The molecular formula is C10H15IN4. The number of hydrogen-bond acceptors (Lipinski definition) is 3. The Hall–Kier alpha value is -0.610. The van der Waals surface area contributed by atoms with E-state index in [1.807, 2.05) is 24.0 Å². The number of nitrogens with zero attached hydrogens (tertiary/aromatic N) is 3. The number of rotatable bonds is 5. The summed E-state index contributed by atoms with van der Waals surface area (Å²) in [6, 6.07) is 2.17. The summed E-state index contributed by atoms with van der Waals surface area (Å²) < 4.78 is 3.01. The summed E-state index contributed by atoms with van der Waals surface area (Å²) in [6.45, 7) is 2.77. The highest BCUT2D eigenvalue weighted by molar-refractivity contribution is 14.1. The molecule has 0 aliphatic rings. The Kier molecular flexibility index (Phi) is 4.54. The van der Waals surface area contributed by atoms with E-state index in [2.05, 4.69) is 33.8 Å². The molecule has 1 atom stereocenters. The minimum atomic E-state index is -0.666. The first kappa shape index (κ1) is 12.5. The molecule has 4 nitrogen and oxygen atoms in total. The number of nitrogens with two attached hydrogens (primary N) is 1. The highest BCUT2D eigenvalue weighted by atomic mass is 127. The summed E-state index contributed by atoms with van der Waals surface area (Å²) >= 11 is 2.22. The third-order valence-electron chi connectivity index (χ3n) is 2.47. The van der Waals surface area contributed by atoms with Crippen LogP contribution in [0.1, 0.15) is 26.2 Å². The molecule has 0 bridgehead atoms. The van der Waals surface area contributed by atoms with E-state index in [0.717, 1.165) is 23.0 Å². The van der Waals surface area contributed by atoms with E-state index in [9.17, 15) is 0 Å². The predicted octanol–water partition coefficient (Wildman–Crippen LogP) is 1.90. The van der Waals surface area contributed by atoms with Gasteiger partial charge in [0, 0.05) is 12.7 Å². The first-order valence-electron chi connectivity index (χ1n) is 4.98. The molecule has 0 saturated carbocycles. The van der Waals surface area contributed by atoms with Crippen molar-refractivity contribution in [1.82, 2.24) is 9.78 Å². The van der Waals surface area contributed by atoms with Crippen molar-refractivity contribution in [2.75, 3.05) is 0 Å². The van der Waals surface area contributed by atoms with Gasteiger partial charge in [0.2, 0.25) is 0 Å². The minimum Gasteiger partial charge on any atom is -0.313 e. The van der Waals surface area contributed by atoms with Crippen LogP contribution in [0.4, 0.5) is 0 Å². The van der Waals surface area contributed by atoms with Crippen LogP contribution in [0, 0.1) is 14.9 Å². The van der Waals surface area contributed by atoms with E-state index < -0.39 is 5.54 Å². The molecule has 2 N–H and O–H groups in total. The zero-order chi connectivity index (χ0) is 11.3. The second-order valence-corrected chi connectivity index (χ2v) is 4.89. The average molecular weight is 318 g/mol.